The Balaban J connectivity index is 1.45. The first kappa shape index (κ1) is 15.3. The Labute approximate surface area is 132 Å². The number of pyridine rings is 1. The summed E-state index contributed by atoms with van der Waals surface area (Å²) in [6.45, 7) is 7.43. The maximum atomic E-state index is 12.2. The molecule has 5 nitrogen and oxygen atoms in total. The highest BCUT2D eigenvalue weighted by atomic mass is 16.1. The molecule has 2 N–H and O–H groups in total. The second-order valence-corrected chi connectivity index (χ2v) is 6.80. The Morgan fingerprint density at radius 1 is 1.36 bits per heavy atom. The van der Waals surface area contributed by atoms with Crippen LogP contribution in [0.3, 0.4) is 0 Å². The minimum atomic E-state index is -0.0199. The monoisotopic (exact) mass is 302 g/mol. The van der Waals surface area contributed by atoms with Crippen molar-refractivity contribution in [2.24, 2.45) is 5.92 Å². The van der Waals surface area contributed by atoms with Crippen molar-refractivity contribution in [3.05, 3.63) is 23.9 Å². The summed E-state index contributed by atoms with van der Waals surface area (Å²) in [7, 11) is 0. The summed E-state index contributed by atoms with van der Waals surface area (Å²) < 4.78 is 0. The number of hydrogen-bond donors (Lipinski definition) is 2. The maximum absolute atomic E-state index is 12.2. The lowest BCUT2D eigenvalue weighted by Crippen LogP contribution is -2.33. The van der Waals surface area contributed by atoms with Crippen molar-refractivity contribution < 1.29 is 4.79 Å². The number of nitrogens with zero attached hydrogens (tertiary/aromatic N) is 2. The zero-order valence-electron chi connectivity index (χ0n) is 13.5. The molecular weight excluding hydrogens is 276 g/mol. The quantitative estimate of drug-likeness (QED) is 0.845. The third-order valence-electron chi connectivity index (χ3n) is 4.55. The van der Waals surface area contributed by atoms with Gasteiger partial charge in [-0.3, -0.25) is 4.79 Å². The summed E-state index contributed by atoms with van der Waals surface area (Å²) in [6.07, 6.45) is 5.27. The van der Waals surface area contributed by atoms with Gasteiger partial charge in [-0.2, -0.15) is 0 Å². The SMILES string of the molecule is CC(C)N1CCC(CNC(=O)c2ccc(NC3CC3)nc2)C1. The van der Waals surface area contributed by atoms with Crippen LogP contribution < -0.4 is 10.6 Å². The Morgan fingerprint density at radius 2 is 2.18 bits per heavy atom. The fourth-order valence-electron chi connectivity index (χ4n) is 2.89. The van der Waals surface area contributed by atoms with Crippen molar-refractivity contribution in [3.8, 4) is 0 Å². The highest BCUT2D eigenvalue weighted by Gasteiger charge is 2.24. The van der Waals surface area contributed by atoms with Crippen molar-refractivity contribution in [2.45, 2.75) is 45.2 Å². The van der Waals surface area contributed by atoms with Crippen LogP contribution in [0.5, 0.6) is 0 Å². The molecule has 0 radical (unpaired) electrons. The number of nitrogens with one attached hydrogen (secondary N) is 2. The topological polar surface area (TPSA) is 57.3 Å². The van der Waals surface area contributed by atoms with E-state index >= 15 is 0 Å². The van der Waals surface area contributed by atoms with E-state index < -0.39 is 0 Å². The number of hydrogen-bond acceptors (Lipinski definition) is 4. The van der Waals surface area contributed by atoms with Gasteiger partial charge in [0.15, 0.2) is 0 Å². The van der Waals surface area contributed by atoms with E-state index in [1.54, 1.807) is 6.20 Å². The predicted molar refractivity (Wildman–Crippen MR) is 88.0 cm³/mol. The van der Waals surface area contributed by atoms with Crippen LogP contribution in [-0.4, -0.2) is 47.5 Å². The normalized spacial score (nSPS) is 22.0. The van der Waals surface area contributed by atoms with E-state index in [9.17, 15) is 4.79 Å². The number of anilines is 1. The van der Waals surface area contributed by atoms with Gasteiger partial charge in [0.1, 0.15) is 5.82 Å². The van der Waals surface area contributed by atoms with Crippen molar-refractivity contribution >= 4 is 11.7 Å². The smallest absolute Gasteiger partial charge is 0.252 e. The van der Waals surface area contributed by atoms with Gasteiger partial charge in [0, 0.05) is 31.4 Å². The molecule has 2 heterocycles. The van der Waals surface area contributed by atoms with E-state index in [1.165, 1.54) is 19.3 Å². The number of amides is 1. The largest absolute Gasteiger partial charge is 0.367 e. The van der Waals surface area contributed by atoms with Crippen LogP contribution in [0, 0.1) is 5.92 Å². The summed E-state index contributed by atoms with van der Waals surface area (Å²) >= 11 is 0. The zero-order chi connectivity index (χ0) is 15.5. The lowest BCUT2D eigenvalue weighted by molar-refractivity contribution is 0.0947. The molecule has 1 aromatic heterocycles. The van der Waals surface area contributed by atoms with Gasteiger partial charge in [-0.1, -0.05) is 0 Å². The molecule has 1 aromatic rings. The van der Waals surface area contributed by atoms with Crippen molar-refractivity contribution in [1.82, 2.24) is 15.2 Å². The molecule has 3 rings (SSSR count). The predicted octanol–water partition coefficient (Wildman–Crippen LogP) is 2.12. The highest BCUT2D eigenvalue weighted by Crippen LogP contribution is 2.23. The number of rotatable bonds is 6. The van der Waals surface area contributed by atoms with Gasteiger partial charge in [-0.25, -0.2) is 4.98 Å². The fourth-order valence-corrected chi connectivity index (χ4v) is 2.89. The van der Waals surface area contributed by atoms with Crippen LogP contribution in [-0.2, 0) is 0 Å². The minimum absolute atomic E-state index is 0.0199. The van der Waals surface area contributed by atoms with Crippen LogP contribution in [0.15, 0.2) is 18.3 Å². The van der Waals surface area contributed by atoms with E-state index in [4.69, 9.17) is 0 Å². The molecule has 1 atom stereocenters. The van der Waals surface area contributed by atoms with Crippen molar-refractivity contribution in [1.29, 1.82) is 0 Å². The Bertz CT molecular complexity index is 510. The lowest BCUT2D eigenvalue weighted by Gasteiger charge is -2.20. The molecule has 0 bridgehead atoms. The number of likely N-dealkylation sites (tertiary alicyclic amines) is 1. The van der Waals surface area contributed by atoms with E-state index in [0.29, 0.717) is 23.6 Å². The zero-order valence-corrected chi connectivity index (χ0v) is 13.5. The number of aromatic nitrogens is 1. The molecule has 1 saturated heterocycles. The van der Waals surface area contributed by atoms with Gasteiger partial charge < -0.3 is 15.5 Å². The fraction of sp³-hybridized carbons (Fsp3) is 0.647. The van der Waals surface area contributed by atoms with Gasteiger partial charge in [0.05, 0.1) is 5.56 Å². The number of carbonyl (C=O) groups is 1. The molecule has 120 valence electrons. The molecule has 2 fully saturated rings. The van der Waals surface area contributed by atoms with Crippen LogP contribution in [0.2, 0.25) is 0 Å². The van der Waals surface area contributed by atoms with Crippen LogP contribution >= 0.6 is 0 Å². The maximum Gasteiger partial charge on any atom is 0.252 e. The molecule has 1 aliphatic carbocycles. The molecule has 22 heavy (non-hydrogen) atoms. The first-order valence-electron chi connectivity index (χ1n) is 8.36. The summed E-state index contributed by atoms with van der Waals surface area (Å²) in [6, 6.07) is 4.92. The Morgan fingerprint density at radius 3 is 2.77 bits per heavy atom. The molecule has 2 aliphatic rings. The third-order valence-corrected chi connectivity index (χ3v) is 4.55. The first-order chi connectivity index (χ1) is 10.6. The molecule has 1 amide bonds. The molecular formula is C17H26N4O. The summed E-state index contributed by atoms with van der Waals surface area (Å²) in [4.78, 5) is 19.0. The second-order valence-electron chi connectivity index (χ2n) is 6.80. The molecule has 1 unspecified atom stereocenters. The van der Waals surface area contributed by atoms with Crippen molar-refractivity contribution in [3.63, 3.8) is 0 Å². The summed E-state index contributed by atoms with van der Waals surface area (Å²) in [5.41, 5.74) is 0.639. The van der Waals surface area contributed by atoms with Gasteiger partial charge in [-0.05, 0) is 57.7 Å². The van der Waals surface area contributed by atoms with Gasteiger partial charge in [0.2, 0.25) is 0 Å². The van der Waals surface area contributed by atoms with E-state index in [2.05, 4.69) is 34.4 Å². The third kappa shape index (κ3) is 3.97. The summed E-state index contributed by atoms with van der Waals surface area (Å²) in [5, 5.41) is 6.37. The highest BCUT2D eigenvalue weighted by molar-refractivity contribution is 5.94. The minimum Gasteiger partial charge on any atom is -0.367 e. The molecule has 1 aliphatic heterocycles. The first-order valence-corrected chi connectivity index (χ1v) is 8.36. The summed E-state index contributed by atoms with van der Waals surface area (Å²) in [5.74, 6) is 1.41. The average Bonchev–Trinajstić information content (AvgIpc) is 3.19. The lowest BCUT2D eigenvalue weighted by atomic mass is 10.1. The molecule has 5 heteroatoms. The van der Waals surface area contributed by atoms with E-state index in [-0.39, 0.29) is 5.91 Å². The van der Waals surface area contributed by atoms with Crippen LogP contribution in [0.25, 0.3) is 0 Å². The molecule has 0 spiro atoms. The van der Waals surface area contributed by atoms with E-state index in [0.717, 1.165) is 25.5 Å². The Kier molecular flexibility index (Phi) is 4.62. The van der Waals surface area contributed by atoms with Crippen molar-refractivity contribution in [2.75, 3.05) is 25.0 Å². The molecule has 1 saturated carbocycles. The second kappa shape index (κ2) is 6.65. The van der Waals surface area contributed by atoms with Gasteiger partial charge in [-0.15, -0.1) is 0 Å². The van der Waals surface area contributed by atoms with Gasteiger partial charge >= 0.3 is 0 Å². The van der Waals surface area contributed by atoms with E-state index in [1.807, 2.05) is 12.1 Å². The standard InChI is InChI=1S/C17H26N4O/c1-12(2)21-8-7-13(11-21)9-19-17(22)14-3-6-16(18-10-14)20-15-4-5-15/h3,6,10,12-13,15H,4-5,7-9,11H2,1-2H3,(H,18,20)(H,19,22). The van der Waals surface area contributed by atoms with Gasteiger partial charge in [0.25, 0.3) is 5.91 Å². The Hall–Kier alpha value is -1.62. The van der Waals surface area contributed by atoms with Crippen LogP contribution in [0.1, 0.15) is 43.5 Å². The van der Waals surface area contributed by atoms with Crippen LogP contribution in [0.4, 0.5) is 5.82 Å². The number of carbonyl (C=O) groups excluding carboxylic acids is 1. The average molecular weight is 302 g/mol. The molecule has 0 aromatic carbocycles.